The van der Waals surface area contributed by atoms with Crippen molar-refractivity contribution in [3.63, 3.8) is 0 Å². The molecule has 2 heterocycles. The van der Waals surface area contributed by atoms with Crippen LogP contribution in [0.1, 0.15) is 6.42 Å². The number of rotatable bonds is 4. The summed E-state index contributed by atoms with van der Waals surface area (Å²) in [6.07, 6.45) is 1.20. The quantitative estimate of drug-likeness (QED) is 0.710. The van der Waals surface area contributed by atoms with E-state index in [0.717, 1.165) is 39.3 Å². The molecule has 2 atom stereocenters. The molecule has 1 N–H and O–H groups in total. The minimum atomic E-state index is 0.256. The molecule has 0 saturated carbocycles. The van der Waals surface area contributed by atoms with Gasteiger partial charge in [-0.2, -0.15) is 0 Å². The Balaban J connectivity index is 1.78. The van der Waals surface area contributed by atoms with Crippen molar-refractivity contribution in [2.45, 2.75) is 6.42 Å². The maximum absolute atomic E-state index is 11.9. The van der Waals surface area contributed by atoms with Crippen molar-refractivity contribution in [2.75, 3.05) is 53.4 Å². The van der Waals surface area contributed by atoms with Crippen molar-refractivity contribution in [2.24, 2.45) is 11.8 Å². The highest BCUT2D eigenvalue weighted by molar-refractivity contribution is 5.85. The zero-order valence-electron chi connectivity index (χ0n) is 10.4. The van der Waals surface area contributed by atoms with Crippen molar-refractivity contribution in [1.82, 2.24) is 15.1 Å². The van der Waals surface area contributed by atoms with Crippen LogP contribution in [0.5, 0.6) is 0 Å². The van der Waals surface area contributed by atoms with Crippen LogP contribution < -0.4 is 5.32 Å². The van der Waals surface area contributed by atoms with Gasteiger partial charge in [-0.25, -0.2) is 0 Å². The summed E-state index contributed by atoms with van der Waals surface area (Å²) < 4.78 is 0. The van der Waals surface area contributed by atoms with E-state index in [1.807, 2.05) is 0 Å². The molecule has 2 unspecified atom stereocenters. The second-order valence-electron chi connectivity index (χ2n) is 5.37. The zero-order chi connectivity index (χ0) is 11.5. The van der Waals surface area contributed by atoms with Crippen molar-refractivity contribution in [3.8, 4) is 0 Å². The minimum absolute atomic E-state index is 0.256. The van der Waals surface area contributed by atoms with Gasteiger partial charge in [0.2, 0.25) is 0 Å². The van der Waals surface area contributed by atoms with Crippen molar-refractivity contribution in [1.29, 1.82) is 0 Å². The van der Waals surface area contributed by atoms with Gasteiger partial charge in [-0.1, -0.05) is 0 Å². The molecule has 2 aliphatic heterocycles. The van der Waals surface area contributed by atoms with Crippen LogP contribution in [0, 0.1) is 11.8 Å². The highest BCUT2D eigenvalue weighted by Gasteiger charge is 2.37. The lowest BCUT2D eigenvalue weighted by Crippen LogP contribution is -2.57. The first-order valence-electron chi connectivity index (χ1n) is 6.28. The van der Waals surface area contributed by atoms with E-state index < -0.39 is 0 Å². The third kappa shape index (κ3) is 2.81. The number of fused-ring (bicyclic) bond motifs is 2. The van der Waals surface area contributed by atoms with Crippen LogP contribution in [0.3, 0.4) is 0 Å². The van der Waals surface area contributed by atoms with Gasteiger partial charge in [0.25, 0.3) is 0 Å². The van der Waals surface area contributed by atoms with Crippen LogP contribution in [-0.2, 0) is 4.79 Å². The van der Waals surface area contributed by atoms with E-state index in [1.54, 1.807) is 0 Å². The van der Waals surface area contributed by atoms with E-state index in [1.165, 1.54) is 6.42 Å². The molecule has 0 aliphatic carbocycles. The summed E-state index contributed by atoms with van der Waals surface area (Å²) in [4.78, 5) is 16.6. The third-order valence-electron chi connectivity index (χ3n) is 3.62. The van der Waals surface area contributed by atoms with Gasteiger partial charge in [-0.3, -0.25) is 4.79 Å². The number of nitrogens with zero attached hydrogens (tertiary/aromatic N) is 2. The van der Waals surface area contributed by atoms with Gasteiger partial charge >= 0.3 is 0 Å². The molecule has 2 rings (SSSR count). The molecular formula is C12H23N3O. The first kappa shape index (κ1) is 12.0. The Morgan fingerprint density at radius 3 is 2.50 bits per heavy atom. The number of likely N-dealkylation sites (tertiary alicyclic amines) is 1. The van der Waals surface area contributed by atoms with Gasteiger partial charge in [-0.05, 0) is 33.6 Å². The van der Waals surface area contributed by atoms with Crippen LogP contribution in [0.15, 0.2) is 0 Å². The Morgan fingerprint density at radius 1 is 1.31 bits per heavy atom. The average molecular weight is 225 g/mol. The van der Waals surface area contributed by atoms with Crippen LogP contribution >= 0.6 is 0 Å². The average Bonchev–Trinajstić information content (AvgIpc) is 2.18. The van der Waals surface area contributed by atoms with E-state index in [-0.39, 0.29) is 11.8 Å². The highest BCUT2D eigenvalue weighted by Crippen LogP contribution is 2.21. The Hall–Kier alpha value is -0.450. The molecule has 2 saturated heterocycles. The molecule has 0 radical (unpaired) electrons. The minimum Gasteiger partial charge on any atom is -0.315 e. The molecule has 4 heteroatoms. The summed E-state index contributed by atoms with van der Waals surface area (Å²) in [6.45, 7) is 5.99. The summed E-state index contributed by atoms with van der Waals surface area (Å²) in [5.41, 5.74) is 0. The Morgan fingerprint density at radius 2 is 1.94 bits per heavy atom. The zero-order valence-corrected chi connectivity index (χ0v) is 10.4. The molecule has 0 aromatic carbocycles. The lowest BCUT2D eigenvalue weighted by atomic mass is 9.84. The highest BCUT2D eigenvalue weighted by atomic mass is 16.1. The third-order valence-corrected chi connectivity index (χ3v) is 3.62. The van der Waals surface area contributed by atoms with Gasteiger partial charge in [0.1, 0.15) is 5.78 Å². The predicted molar refractivity (Wildman–Crippen MR) is 64.5 cm³/mol. The molecule has 0 amide bonds. The molecule has 0 aromatic heterocycles. The first-order chi connectivity index (χ1) is 7.66. The number of carbonyl (C=O) groups is 1. The topological polar surface area (TPSA) is 35.6 Å². The number of piperidine rings is 2. The largest absolute Gasteiger partial charge is 0.315 e. The fourth-order valence-corrected chi connectivity index (χ4v) is 2.77. The second kappa shape index (κ2) is 5.25. The molecule has 2 aliphatic rings. The van der Waals surface area contributed by atoms with E-state index in [9.17, 15) is 4.79 Å². The summed E-state index contributed by atoms with van der Waals surface area (Å²) in [6, 6.07) is 0. The standard InChI is InChI=1S/C12H23N3O/c1-14(2)4-3-5-15-8-10-6-13-7-11(9-15)12(10)16/h10-11,13H,3-9H2,1-2H3. The molecule has 0 spiro atoms. The summed E-state index contributed by atoms with van der Waals surface area (Å²) in [5.74, 6) is 1.02. The van der Waals surface area contributed by atoms with Crippen LogP contribution in [-0.4, -0.2) is 68.9 Å². The molecule has 92 valence electrons. The van der Waals surface area contributed by atoms with Crippen molar-refractivity contribution >= 4 is 5.78 Å². The van der Waals surface area contributed by atoms with Crippen LogP contribution in [0.25, 0.3) is 0 Å². The van der Waals surface area contributed by atoms with Crippen LogP contribution in [0.2, 0.25) is 0 Å². The van der Waals surface area contributed by atoms with E-state index in [4.69, 9.17) is 0 Å². The smallest absolute Gasteiger partial charge is 0.144 e. The molecule has 2 fully saturated rings. The molecular weight excluding hydrogens is 202 g/mol. The fraction of sp³-hybridized carbons (Fsp3) is 0.917. The van der Waals surface area contributed by atoms with Crippen molar-refractivity contribution in [3.05, 3.63) is 0 Å². The molecule has 2 bridgehead atoms. The summed E-state index contributed by atoms with van der Waals surface area (Å²) in [5, 5.41) is 3.36. The lowest BCUT2D eigenvalue weighted by Gasteiger charge is -2.40. The summed E-state index contributed by atoms with van der Waals surface area (Å²) >= 11 is 0. The normalized spacial score (nSPS) is 31.1. The number of carbonyl (C=O) groups excluding carboxylic acids is 1. The van der Waals surface area contributed by atoms with Crippen LogP contribution in [0.4, 0.5) is 0 Å². The lowest BCUT2D eigenvalue weighted by molar-refractivity contribution is -0.133. The second-order valence-corrected chi connectivity index (χ2v) is 5.37. The van der Waals surface area contributed by atoms with Gasteiger partial charge in [0.15, 0.2) is 0 Å². The number of Topliss-reactive ketones (excluding diaryl/α,β-unsaturated/α-hetero) is 1. The Kier molecular flexibility index (Phi) is 3.95. The molecule has 0 aromatic rings. The van der Waals surface area contributed by atoms with E-state index >= 15 is 0 Å². The molecule has 16 heavy (non-hydrogen) atoms. The molecule has 4 nitrogen and oxygen atoms in total. The summed E-state index contributed by atoms with van der Waals surface area (Å²) in [7, 11) is 4.22. The number of nitrogens with one attached hydrogen (secondary N) is 1. The van der Waals surface area contributed by atoms with E-state index in [2.05, 4.69) is 29.2 Å². The maximum atomic E-state index is 11.9. The number of ketones is 1. The predicted octanol–water partition coefficient (Wildman–Crippen LogP) is -0.342. The number of hydrogen-bond donors (Lipinski definition) is 1. The Bertz CT molecular complexity index is 239. The van der Waals surface area contributed by atoms with Crippen molar-refractivity contribution < 1.29 is 4.79 Å². The fourth-order valence-electron chi connectivity index (χ4n) is 2.77. The first-order valence-corrected chi connectivity index (χ1v) is 6.28. The van der Waals surface area contributed by atoms with Gasteiger partial charge in [0.05, 0.1) is 0 Å². The monoisotopic (exact) mass is 225 g/mol. The van der Waals surface area contributed by atoms with E-state index in [0.29, 0.717) is 5.78 Å². The maximum Gasteiger partial charge on any atom is 0.144 e. The number of hydrogen-bond acceptors (Lipinski definition) is 4. The van der Waals surface area contributed by atoms with Gasteiger partial charge in [0, 0.05) is 38.0 Å². The SMILES string of the molecule is CN(C)CCCN1CC2CNCC(C1)C2=O. The van der Waals surface area contributed by atoms with Gasteiger partial charge < -0.3 is 15.1 Å². The van der Waals surface area contributed by atoms with Gasteiger partial charge in [-0.15, -0.1) is 0 Å². The Labute approximate surface area is 98.0 Å².